The van der Waals surface area contributed by atoms with Crippen LogP contribution in [0.5, 0.6) is 0 Å². The van der Waals surface area contributed by atoms with E-state index in [0.29, 0.717) is 19.4 Å². The Hall–Kier alpha value is -2.18. The van der Waals surface area contributed by atoms with Crippen molar-refractivity contribution in [2.24, 2.45) is 5.92 Å². The predicted molar refractivity (Wildman–Crippen MR) is 83.1 cm³/mol. The summed E-state index contributed by atoms with van der Waals surface area (Å²) < 4.78 is 4.91. The van der Waals surface area contributed by atoms with E-state index in [9.17, 15) is 19.2 Å². The quantitative estimate of drug-likeness (QED) is 0.483. The number of ketones is 1. The van der Waals surface area contributed by atoms with E-state index in [2.05, 4.69) is 10.6 Å². The zero-order chi connectivity index (χ0) is 17.2. The molecule has 7 nitrogen and oxygen atoms in total. The number of Topliss-reactive ketones (excluding diaryl/α,β-unsaturated/α-hetero) is 1. The van der Waals surface area contributed by atoms with Gasteiger partial charge in [0.15, 0.2) is 0 Å². The second kappa shape index (κ2) is 9.76. The first-order valence-corrected chi connectivity index (χ1v) is 7.88. The van der Waals surface area contributed by atoms with Crippen LogP contribution in [0.4, 0.5) is 0 Å². The fraction of sp³-hybridized carbons (Fsp3) is 0.625. The molecule has 7 heteroatoms. The largest absolute Gasteiger partial charge is 0.461 e. The number of carbonyl (C=O) groups is 4. The van der Waals surface area contributed by atoms with Gasteiger partial charge in [-0.25, -0.2) is 4.79 Å². The Morgan fingerprint density at radius 3 is 2.65 bits per heavy atom. The van der Waals surface area contributed by atoms with Gasteiger partial charge in [0.2, 0.25) is 11.8 Å². The third kappa shape index (κ3) is 7.08. The highest BCUT2D eigenvalue weighted by Crippen LogP contribution is 2.16. The van der Waals surface area contributed by atoms with Crippen LogP contribution in [0.3, 0.4) is 0 Å². The number of hydrogen-bond acceptors (Lipinski definition) is 5. The molecule has 2 amide bonds. The van der Waals surface area contributed by atoms with Crippen LogP contribution in [-0.4, -0.2) is 36.7 Å². The molecule has 1 heterocycles. The second-order valence-corrected chi connectivity index (χ2v) is 5.44. The van der Waals surface area contributed by atoms with Gasteiger partial charge in [0.1, 0.15) is 11.5 Å². The van der Waals surface area contributed by atoms with Crippen LogP contribution in [0.2, 0.25) is 0 Å². The Kier molecular flexibility index (Phi) is 8.01. The normalized spacial score (nSPS) is 17.6. The summed E-state index contributed by atoms with van der Waals surface area (Å²) in [4.78, 5) is 46.0. The summed E-state index contributed by atoms with van der Waals surface area (Å²) in [5, 5.41) is 5.25. The highest BCUT2D eigenvalue weighted by Gasteiger charge is 2.23. The van der Waals surface area contributed by atoms with Crippen LogP contribution >= 0.6 is 0 Å². The molecule has 0 spiro atoms. The molecular weight excluding hydrogens is 300 g/mol. The van der Waals surface area contributed by atoms with Crippen LogP contribution in [0.25, 0.3) is 0 Å². The topological polar surface area (TPSA) is 102 Å². The van der Waals surface area contributed by atoms with Gasteiger partial charge in [-0.05, 0) is 33.1 Å². The summed E-state index contributed by atoms with van der Waals surface area (Å²) in [7, 11) is 0. The van der Waals surface area contributed by atoms with E-state index in [-0.39, 0.29) is 42.8 Å². The van der Waals surface area contributed by atoms with Gasteiger partial charge in [0.25, 0.3) is 0 Å². The lowest BCUT2D eigenvalue weighted by Crippen LogP contribution is -2.29. The summed E-state index contributed by atoms with van der Waals surface area (Å²) in [6, 6.07) is 0. The van der Waals surface area contributed by atoms with Crippen LogP contribution < -0.4 is 10.6 Å². The minimum absolute atomic E-state index is 0.0249. The molecule has 1 rings (SSSR count). The zero-order valence-corrected chi connectivity index (χ0v) is 13.6. The number of rotatable bonds is 9. The molecule has 0 bridgehead atoms. The van der Waals surface area contributed by atoms with Crippen LogP contribution in [0.1, 0.15) is 46.0 Å². The standard InChI is InChI=1S/C16H24N2O5/c1-3-23-16(22)13(18-14(20)8-7-11(2)19)6-4-5-12-9-10-17-15(12)21/h6,12H,3-5,7-10H2,1-2H3,(H,17,21)(H,18,20)/t12-/m0/s1. The van der Waals surface area contributed by atoms with Crippen LogP contribution in [0, 0.1) is 5.92 Å². The summed E-state index contributed by atoms with van der Waals surface area (Å²) in [6.45, 7) is 3.96. The molecule has 2 N–H and O–H groups in total. The molecule has 128 valence electrons. The molecule has 1 fully saturated rings. The molecule has 1 aliphatic rings. The van der Waals surface area contributed by atoms with E-state index in [1.54, 1.807) is 13.0 Å². The van der Waals surface area contributed by atoms with Gasteiger partial charge >= 0.3 is 5.97 Å². The molecule has 1 aliphatic heterocycles. The first-order chi connectivity index (χ1) is 10.9. The van der Waals surface area contributed by atoms with Crippen molar-refractivity contribution in [2.75, 3.05) is 13.2 Å². The maximum atomic E-state index is 11.9. The summed E-state index contributed by atoms with van der Waals surface area (Å²) in [5.41, 5.74) is 0.0683. The van der Waals surface area contributed by atoms with E-state index < -0.39 is 11.9 Å². The highest BCUT2D eigenvalue weighted by atomic mass is 16.5. The Morgan fingerprint density at radius 1 is 1.35 bits per heavy atom. The lowest BCUT2D eigenvalue weighted by molar-refractivity contribution is -0.140. The third-order valence-corrected chi connectivity index (χ3v) is 3.50. The van der Waals surface area contributed by atoms with E-state index in [4.69, 9.17) is 4.74 Å². The number of allylic oxidation sites excluding steroid dienone is 1. The second-order valence-electron chi connectivity index (χ2n) is 5.44. The summed E-state index contributed by atoms with van der Waals surface area (Å²) in [5.74, 6) is -1.13. The minimum Gasteiger partial charge on any atom is -0.461 e. The smallest absolute Gasteiger partial charge is 0.354 e. The van der Waals surface area contributed by atoms with Crippen molar-refractivity contribution in [3.05, 3.63) is 11.8 Å². The van der Waals surface area contributed by atoms with Crippen LogP contribution in [0.15, 0.2) is 11.8 Å². The molecule has 0 aromatic heterocycles. The van der Waals surface area contributed by atoms with E-state index in [1.165, 1.54) is 6.92 Å². The molecule has 23 heavy (non-hydrogen) atoms. The first kappa shape index (κ1) is 18.9. The lowest BCUT2D eigenvalue weighted by atomic mass is 10.0. The maximum absolute atomic E-state index is 11.9. The molecule has 0 radical (unpaired) electrons. The molecule has 1 atom stereocenters. The molecule has 0 aliphatic carbocycles. The fourth-order valence-electron chi connectivity index (χ4n) is 2.25. The minimum atomic E-state index is -0.612. The molecule has 0 saturated carbocycles. The van der Waals surface area contributed by atoms with E-state index >= 15 is 0 Å². The monoisotopic (exact) mass is 324 g/mol. The predicted octanol–water partition coefficient (Wildman–Crippen LogP) is 0.835. The van der Waals surface area contributed by atoms with Crippen molar-refractivity contribution in [1.29, 1.82) is 0 Å². The molecule has 0 aromatic rings. The van der Waals surface area contributed by atoms with Crippen LogP contribution in [-0.2, 0) is 23.9 Å². The highest BCUT2D eigenvalue weighted by molar-refractivity contribution is 5.94. The van der Waals surface area contributed by atoms with Crippen molar-refractivity contribution in [3.8, 4) is 0 Å². The zero-order valence-electron chi connectivity index (χ0n) is 13.6. The Morgan fingerprint density at radius 2 is 2.09 bits per heavy atom. The van der Waals surface area contributed by atoms with Crippen molar-refractivity contribution >= 4 is 23.6 Å². The van der Waals surface area contributed by atoms with Gasteiger partial charge in [-0.2, -0.15) is 0 Å². The van der Waals surface area contributed by atoms with Gasteiger partial charge in [-0.1, -0.05) is 6.08 Å². The average Bonchev–Trinajstić information content (AvgIpc) is 2.89. The number of carbonyl (C=O) groups excluding carboxylic acids is 4. The average molecular weight is 324 g/mol. The Labute approximate surface area is 135 Å². The van der Waals surface area contributed by atoms with Crippen molar-refractivity contribution in [1.82, 2.24) is 10.6 Å². The molecule has 0 aromatic carbocycles. The van der Waals surface area contributed by atoms with Crippen molar-refractivity contribution < 1.29 is 23.9 Å². The number of amides is 2. The van der Waals surface area contributed by atoms with E-state index in [0.717, 1.165) is 6.42 Å². The van der Waals surface area contributed by atoms with Gasteiger partial charge in [-0.15, -0.1) is 0 Å². The maximum Gasteiger partial charge on any atom is 0.354 e. The summed E-state index contributed by atoms with van der Waals surface area (Å²) >= 11 is 0. The lowest BCUT2D eigenvalue weighted by Gasteiger charge is -2.10. The summed E-state index contributed by atoms with van der Waals surface area (Å²) in [6.07, 6.45) is 3.61. The number of nitrogens with one attached hydrogen (secondary N) is 2. The SMILES string of the molecule is CCOC(=O)C(=CCC[C@H]1CCNC1=O)NC(=O)CCC(C)=O. The molecule has 1 saturated heterocycles. The van der Waals surface area contributed by atoms with Gasteiger partial charge in [-0.3, -0.25) is 9.59 Å². The van der Waals surface area contributed by atoms with Gasteiger partial charge in [0.05, 0.1) is 6.61 Å². The van der Waals surface area contributed by atoms with Gasteiger partial charge in [0, 0.05) is 25.3 Å². The van der Waals surface area contributed by atoms with Crippen molar-refractivity contribution in [3.63, 3.8) is 0 Å². The van der Waals surface area contributed by atoms with Gasteiger partial charge < -0.3 is 20.2 Å². The Bertz CT molecular complexity index is 499. The van der Waals surface area contributed by atoms with Crippen molar-refractivity contribution in [2.45, 2.75) is 46.0 Å². The van der Waals surface area contributed by atoms with E-state index in [1.807, 2.05) is 0 Å². The number of hydrogen-bond donors (Lipinski definition) is 2. The number of esters is 1. The third-order valence-electron chi connectivity index (χ3n) is 3.50. The molecule has 0 unspecified atom stereocenters. The Balaban J connectivity index is 2.58. The first-order valence-electron chi connectivity index (χ1n) is 7.88. The fourth-order valence-corrected chi connectivity index (χ4v) is 2.25. The molecular formula is C16H24N2O5. The number of ether oxygens (including phenoxy) is 1.